The lowest BCUT2D eigenvalue weighted by molar-refractivity contribution is -0.155. The van der Waals surface area contributed by atoms with Gasteiger partial charge in [0.05, 0.1) is 5.56 Å². The first-order chi connectivity index (χ1) is 10.9. The predicted molar refractivity (Wildman–Crippen MR) is 93.1 cm³/mol. The molecular formula is C15H19BrN2O4S. The number of hydrogen-bond acceptors (Lipinski definition) is 5. The number of primary amides is 1. The molecule has 6 nitrogen and oxygen atoms in total. The third-order valence-corrected chi connectivity index (χ3v) is 4.35. The summed E-state index contributed by atoms with van der Waals surface area (Å²) >= 11 is 4.83. The summed E-state index contributed by atoms with van der Waals surface area (Å²) in [5.74, 6) is -1.15. The molecule has 0 aliphatic carbocycles. The molecule has 1 rings (SSSR count). The van der Waals surface area contributed by atoms with Crippen LogP contribution in [-0.4, -0.2) is 41.9 Å². The molecule has 0 aliphatic rings. The second-order valence-electron chi connectivity index (χ2n) is 4.77. The zero-order chi connectivity index (χ0) is 17.4. The van der Waals surface area contributed by atoms with Crippen molar-refractivity contribution < 1.29 is 19.1 Å². The van der Waals surface area contributed by atoms with Gasteiger partial charge in [0.2, 0.25) is 0 Å². The highest BCUT2D eigenvalue weighted by Gasteiger charge is 2.26. The third-order valence-electron chi connectivity index (χ3n) is 3.01. The van der Waals surface area contributed by atoms with Crippen molar-refractivity contribution in [2.75, 3.05) is 12.0 Å². The molecule has 0 saturated heterocycles. The fourth-order valence-electron chi connectivity index (χ4n) is 1.68. The van der Waals surface area contributed by atoms with Gasteiger partial charge in [-0.05, 0) is 53.4 Å². The van der Waals surface area contributed by atoms with Crippen molar-refractivity contribution in [2.45, 2.75) is 25.5 Å². The van der Waals surface area contributed by atoms with Crippen molar-refractivity contribution in [1.82, 2.24) is 5.32 Å². The Labute approximate surface area is 147 Å². The first kappa shape index (κ1) is 19.5. The number of halogens is 1. The predicted octanol–water partition coefficient (Wildman–Crippen LogP) is 1.72. The van der Waals surface area contributed by atoms with Gasteiger partial charge >= 0.3 is 5.97 Å². The Balaban J connectivity index is 2.81. The molecule has 0 saturated carbocycles. The molecule has 0 spiro atoms. The molecule has 0 bridgehead atoms. The molecule has 1 aromatic carbocycles. The number of hydrogen-bond donors (Lipinski definition) is 2. The van der Waals surface area contributed by atoms with Crippen LogP contribution in [0.5, 0.6) is 0 Å². The van der Waals surface area contributed by atoms with Crippen molar-refractivity contribution in [1.29, 1.82) is 0 Å². The minimum atomic E-state index is -1.04. The highest BCUT2D eigenvalue weighted by atomic mass is 79.9. The second kappa shape index (κ2) is 9.57. The molecule has 0 unspecified atom stereocenters. The van der Waals surface area contributed by atoms with Crippen LogP contribution in [0.3, 0.4) is 0 Å². The van der Waals surface area contributed by atoms with Crippen LogP contribution in [0.25, 0.3) is 0 Å². The van der Waals surface area contributed by atoms with E-state index in [1.54, 1.807) is 24.3 Å². The second-order valence-corrected chi connectivity index (χ2v) is 6.61. The maximum absolute atomic E-state index is 12.3. The largest absolute Gasteiger partial charge is 0.451 e. The van der Waals surface area contributed by atoms with E-state index >= 15 is 0 Å². The molecule has 0 aliphatic heterocycles. The zero-order valence-electron chi connectivity index (χ0n) is 12.9. The highest BCUT2D eigenvalue weighted by molar-refractivity contribution is 9.10. The molecule has 0 fully saturated rings. The average molecular weight is 403 g/mol. The van der Waals surface area contributed by atoms with Gasteiger partial charge < -0.3 is 15.8 Å². The Bertz CT molecular complexity index is 582. The number of carbonyl (C=O) groups excluding carboxylic acids is 3. The van der Waals surface area contributed by atoms with Crippen LogP contribution in [0.4, 0.5) is 0 Å². The van der Waals surface area contributed by atoms with Crippen molar-refractivity contribution in [3.8, 4) is 0 Å². The molecule has 1 aromatic rings. The molecule has 8 heteroatoms. The normalized spacial score (nSPS) is 13.0. The Morgan fingerprint density at radius 2 is 2.00 bits per heavy atom. The number of amides is 2. The molecule has 0 aromatic heterocycles. The van der Waals surface area contributed by atoms with E-state index < -0.39 is 29.9 Å². The lowest BCUT2D eigenvalue weighted by atomic mass is 10.1. The third kappa shape index (κ3) is 6.23. The fourth-order valence-corrected chi connectivity index (χ4v) is 2.62. The lowest BCUT2D eigenvalue weighted by Crippen LogP contribution is -2.44. The van der Waals surface area contributed by atoms with Crippen LogP contribution in [0.2, 0.25) is 0 Å². The van der Waals surface area contributed by atoms with E-state index in [9.17, 15) is 14.4 Å². The first-order valence-corrected chi connectivity index (χ1v) is 9.09. The Hall–Kier alpha value is -1.54. The van der Waals surface area contributed by atoms with Crippen molar-refractivity contribution in [3.05, 3.63) is 34.3 Å². The molecule has 23 heavy (non-hydrogen) atoms. The standard InChI is InChI=1S/C15H19BrN2O4S/c1-9(13(17)19)22-15(21)12(7-8-23-2)18-14(20)10-5-3-4-6-11(10)16/h3-6,9,12H,7-8H2,1-2H3,(H2,17,19)(H,18,20)/t9-,12+/m0/s1. The number of rotatable bonds is 8. The SMILES string of the molecule is CSCC[C@@H](NC(=O)c1ccccc1Br)C(=O)O[C@@H](C)C(N)=O. The van der Waals surface area contributed by atoms with Gasteiger partial charge in [-0.15, -0.1) is 0 Å². The average Bonchev–Trinajstić information content (AvgIpc) is 2.51. The van der Waals surface area contributed by atoms with Crippen molar-refractivity contribution in [3.63, 3.8) is 0 Å². The van der Waals surface area contributed by atoms with Crippen LogP contribution in [0.1, 0.15) is 23.7 Å². The fraction of sp³-hybridized carbons (Fsp3) is 0.400. The van der Waals surface area contributed by atoms with Gasteiger partial charge in [0.1, 0.15) is 6.04 Å². The minimum Gasteiger partial charge on any atom is -0.451 e. The van der Waals surface area contributed by atoms with Crippen molar-refractivity contribution in [2.24, 2.45) is 5.73 Å². The van der Waals surface area contributed by atoms with E-state index in [1.807, 2.05) is 6.26 Å². The highest BCUT2D eigenvalue weighted by Crippen LogP contribution is 2.16. The number of carbonyl (C=O) groups is 3. The first-order valence-electron chi connectivity index (χ1n) is 6.91. The van der Waals surface area contributed by atoms with Crippen LogP contribution in [-0.2, 0) is 14.3 Å². The number of thioether (sulfide) groups is 1. The number of nitrogens with two attached hydrogens (primary N) is 1. The summed E-state index contributed by atoms with van der Waals surface area (Å²) in [6.07, 6.45) is 1.24. The monoisotopic (exact) mass is 402 g/mol. The summed E-state index contributed by atoms with van der Waals surface area (Å²) in [4.78, 5) is 35.5. The summed E-state index contributed by atoms with van der Waals surface area (Å²) in [6, 6.07) is 6.05. The van der Waals surface area contributed by atoms with Gasteiger partial charge in [0, 0.05) is 4.47 Å². The quantitative estimate of drug-likeness (QED) is 0.644. The van der Waals surface area contributed by atoms with Gasteiger partial charge in [-0.2, -0.15) is 11.8 Å². The van der Waals surface area contributed by atoms with Gasteiger partial charge in [-0.1, -0.05) is 12.1 Å². The van der Waals surface area contributed by atoms with Crippen LogP contribution in [0, 0.1) is 0 Å². The van der Waals surface area contributed by atoms with E-state index in [0.29, 0.717) is 22.2 Å². The van der Waals surface area contributed by atoms with E-state index in [-0.39, 0.29) is 0 Å². The molecule has 2 atom stereocenters. The molecule has 0 heterocycles. The van der Waals surface area contributed by atoms with E-state index in [1.165, 1.54) is 18.7 Å². The minimum absolute atomic E-state index is 0.391. The van der Waals surface area contributed by atoms with Crippen LogP contribution < -0.4 is 11.1 Å². The Morgan fingerprint density at radius 1 is 1.35 bits per heavy atom. The zero-order valence-corrected chi connectivity index (χ0v) is 15.3. The van der Waals surface area contributed by atoms with Gasteiger partial charge in [0.25, 0.3) is 11.8 Å². The Kier molecular flexibility index (Phi) is 8.11. The number of ether oxygens (including phenoxy) is 1. The number of esters is 1. The molecule has 126 valence electrons. The number of benzene rings is 1. The summed E-state index contributed by atoms with van der Waals surface area (Å²) < 4.78 is 5.61. The molecule has 2 amide bonds. The Morgan fingerprint density at radius 3 is 2.57 bits per heavy atom. The summed E-state index contributed by atoms with van der Waals surface area (Å²) in [5, 5.41) is 2.64. The maximum atomic E-state index is 12.3. The van der Waals surface area contributed by atoms with E-state index in [4.69, 9.17) is 10.5 Å². The van der Waals surface area contributed by atoms with Gasteiger partial charge in [0.15, 0.2) is 6.10 Å². The van der Waals surface area contributed by atoms with Crippen LogP contribution in [0.15, 0.2) is 28.7 Å². The van der Waals surface area contributed by atoms with E-state index in [2.05, 4.69) is 21.2 Å². The summed E-state index contributed by atoms with van der Waals surface area (Å²) in [7, 11) is 0. The summed E-state index contributed by atoms with van der Waals surface area (Å²) in [6.45, 7) is 1.39. The van der Waals surface area contributed by atoms with E-state index in [0.717, 1.165) is 0 Å². The summed E-state index contributed by atoms with van der Waals surface area (Å²) in [5.41, 5.74) is 5.50. The van der Waals surface area contributed by atoms with Gasteiger partial charge in [-0.3, -0.25) is 9.59 Å². The lowest BCUT2D eigenvalue weighted by Gasteiger charge is -2.19. The molecule has 0 radical (unpaired) electrons. The maximum Gasteiger partial charge on any atom is 0.329 e. The molecular weight excluding hydrogens is 384 g/mol. The van der Waals surface area contributed by atoms with Crippen LogP contribution >= 0.6 is 27.7 Å². The topological polar surface area (TPSA) is 98.5 Å². The smallest absolute Gasteiger partial charge is 0.329 e. The van der Waals surface area contributed by atoms with Gasteiger partial charge in [-0.25, -0.2) is 4.79 Å². The number of nitrogens with one attached hydrogen (secondary N) is 1. The van der Waals surface area contributed by atoms with Crippen molar-refractivity contribution >= 4 is 45.5 Å². The molecule has 3 N–H and O–H groups in total.